The maximum Gasteiger partial charge on any atom is 0.437 e. The van der Waals surface area contributed by atoms with E-state index in [1.165, 1.54) is 11.0 Å². The number of carboxylic acids is 1. The Hall–Kier alpha value is -3.31. The summed E-state index contributed by atoms with van der Waals surface area (Å²) in [4.78, 5) is 32.9. The molecule has 9 nitrogen and oxygen atoms in total. The number of pyridine rings is 1. The molecule has 0 bridgehead atoms. The van der Waals surface area contributed by atoms with Crippen molar-refractivity contribution in [2.75, 3.05) is 7.05 Å². The zero-order valence-corrected chi connectivity index (χ0v) is 19.8. The number of carbonyl (C=O) groups is 2. The lowest BCUT2D eigenvalue weighted by Gasteiger charge is -2.28. The summed E-state index contributed by atoms with van der Waals surface area (Å²) < 4.78 is 57.8. The summed E-state index contributed by atoms with van der Waals surface area (Å²) in [7, 11) is 1.65. The predicted octanol–water partition coefficient (Wildman–Crippen LogP) is 5.29. The fourth-order valence-electron chi connectivity index (χ4n) is 4.78. The van der Waals surface area contributed by atoms with Crippen LogP contribution < -0.4 is 4.74 Å². The number of amides is 1. The highest BCUT2D eigenvalue weighted by Gasteiger charge is 2.39. The van der Waals surface area contributed by atoms with Crippen LogP contribution >= 0.6 is 0 Å². The number of nitrogens with zero attached hydrogens (tertiary/aromatic N) is 3. The Kier molecular flexibility index (Phi) is 7.70. The summed E-state index contributed by atoms with van der Waals surface area (Å²) in [6.07, 6.45) is 0.491. The van der Waals surface area contributed by atoms with Crippen LogP contribution in [0.5, 0.6) is 5.75 Å². The smallest absolute Gasteiger partial charge is 0.437 e. The number of alkyl halides is 3. The van der Waals surface area contributed by atoms with Gasteiger partial charge in [0.2, 0.25) is 0 Å². The molecule has 2 aliphatic carbocycles. The minimum atomic E-state index is -4.83. The number of oxazole rings is 1. The molecule has 1 amide bonds. The van der Waals surface area contributed by atoms with E-state index in [9.17, 15) is 27.9 Å². The van der Waals surface area contributed by atoms with Crippen molar-refractivity contribution in [3.8, 4) is 17.1 Å². The minimum Gasteiger partial charge on any atom is -0.488 e. The Morgan fingerprint density at radius 3 is 2.61 bits per heavy atom. The second-order valence-electron chi connectivity index (χ2n) is 9.21. The van der Waals surface area contributed by atoms with Crippen LogP contribution in [0, 0.1) is 5.92 Å². The SMILES string of the molecule is CN(C(=O)OCc1ocnc1-c1ccc(O[C@H]2CCC[C@H](C(=O)O)C2)c(C(F)(F)F)n1)C1CCCC1. The number of halogens is 3. The number of carboxylic acid groups (broad SMARTS) is 1. The van der Waals surface area contributed by atoms with Crippen molar-refractivity contribution in [2.45, 2.75) is 76.3 Å². The van der Waals surface area contributed by atoms with E-state index in [0.717, 1.165) is 38.1 Å². The molecule has 196 valence electrons. The number of carbonyl (C=O) groups excluding carboxylic acids is 1. The highest BCUT2D eigenvalue weighted by Crippen LogP contribution is 2.38. The Balaban J connectivity index is 1.50. The first-order chi connectivity index (χ1) is 17.1. The molecule has 2 aromatic heterocycles. The van der Waals surface area contributed by atoms with E-state index >= 15 is 0 Å². The van der Waals surface area contributed by atoms with Crippen molar-refractivity contribution in [3.63, 3.8) is 0 Å². The van der Waals surface area contributed by atoms with Crippen molar-refractivity contribution in [1.29, 1.82) is 0 Å². The monoisotopic (exact) mass is 511 g/mol. The summed E-state index contributed by atoms with van der Waals surface area (Å²) in [6.45, 7) is -0.314. The van der Waals surface area contributed by atoms with E-state index in [1.807, 2.05) is 0 Å². The van der Waals surface area contributed by atoms with Gasteiger partial charge < -0.3 is 23.9 Å². The lowest BCUT2D eigenvalue weighted by Crippen LogP contribution is -2.35. The van der Waals surface area contributed by atoms with E-state index in [4.69, 9.17) is 13.9 Å². The molecule has 2 atom stereocenters. The normalized spacial score (nSPS) is 20.8. The van der Waals surface area contributed by atoms with Gasteiger partial charge in [0.1, 0.15) is 5.69 Å². The number of hydrogen-bond donors (Lipinski definition) is 1. The number of hydrogen-bond acceptors (Lipinski definition) is 7. The first-order valence-electron chi connectivity index (χ1n) is 11.9. The Morgan fingerprint density at radius 2 is 1.92 bits per heavy atom. The third kappa shape index (κ3) is 5.90. The first kappa shape index (κ1) is 25.8. The van der Waals surface area contributed by atoms with Crippen LogP contribution in [0.15, 0.2) is 22.9 Å². The van der Waals surface area contributed by atoms with Crippen LogP contribution in [0.1, 0.15) is 62.8 Å². The molecule has 2 aromatic rings. The molecule has 0 aliphatic heterocycles. The van der Waals surface area contributed by atoms with Gasteiger partial charge in [0.05, 0.1) is 17.7 Å². The predicted molar refractivity (Wildman–Crippen MR) is 119 cm³/mol. The third-order valence-corrected chi connectivity index (χ3v) is 6.77. The van der Waals surface area contributed by atoms with Gasteiger partial charge in [0.15, 0.2) is 30.2 Å². The lowest BCUT2D eigenvalue weighted by molar-refractivity contribution is -0.146. The van der Waals surface area contributed by atoms with E-state index in [1.54, 1.807) is 7.05 Å². The Morgan fingerprint density at radius 1 is 1.17 bits per heavy atom. The molecule has 2 fully saturated rings. The molecule has 0 spiro atoms. The molecule has 0 unspecified atom stereocenters. The van der Waals surface area contributed by atoms with Gasteiger partial charge in [-0.1, -0.05) is 12.8 Å². The average molecular weight is 511 g/mol. The van der Waals surface area contributed by atoms with Crippen LogP contribution in [0.25, 0.3) is 11.4 Å². The number of ether oxygens (including phenoxy) is 2. The highest BCUT2D eigenvalue weighted by molar-refractivity contribution is 5.70. The van der Waals surface area contributed by atoms with Gasteiger partial charge >= 0.3 is 18.2 Å². The van der Waals surface area contributed by atoms with Crippen LogP contribution in [0.2, 0.25) is 0 Å². The van der Waals surface area contributed by atoms with Crippen molar-refractivity contribution in [1.82, 2.24) is 14.9 Å². The number of aliphatic carboxylic acids is 1. The van der Waals surface area contributed by atoms with E-state index < -0.39 is 41.7 Å². The molecular weight excluding hydrogens is 483 g/mol. The summed E-state index contributed by atoms with van der Waals surface area (Å²) >= 11 is 0. The fraction of sp³-hybridized carbons (Fsp3) is 0.583. The lowest BCUT2D eigenvalue weighted by atomic mass is 9.87. The molecular formula is C24H28F3N3O6. The molecule has 0 aromatic carbocycles. The third-order valence-electron chi connectivity index (χ3n) is 6.77. The van der Waals surface area contributed by atoms with Crippen LogP contribution in [-0.2, 0) is 22.3 Å². The van der Waals surface area contributed by atoms with Gasteiger partial charge in [-0.3, -0.25) is 4.79 Å². The van der Waals surface area contributed by atoms with Crippen molar-refractivity contribution in [2.24, 2.45) is 5.92 Å². The summed E-state index contributed by atoms with van der Waals surface area (Å²) in [5, 5.41) is 9.24. The first-order valence-corrected chi connectivity index (χ1v) is 11.9. The molecule has 2 saturated carbocycles. The highest BCUT2D eigenvalue weighted by atomic mass is 19.4. The van der Waals surface area contributed by atoms with Crippen molar-refractivity contribution >= 4 is 12.1 Å². The van der Waals surface area contributed by atoms with Gasteiger partial charge in [-0.25, -0.2) is 14.8 Å². The van der Waals surface area contributed by atoms with Crippen LogP contribution in [-0.4, -0.2) is 51.2 Å². The second kappa shape index (κ2) is 10.8. The number of aromatic nitrogens is 2. The standard InChI is InChI=1S/C24H28F3N3O6/c1-30(15-6-2-3-7-15)23(33)34-12-19-20(28-13-35-19)17-9-10-18(21(29-17)24(25,26)27)36-16-8-4-5-14(11-16)22(31)32/h9-10,13-16H,2-8,11-12H2,1H3,(H,31,32)/t14-,16-/m0/s1. The second-order valence-corrected chi connectivity index (χ2v) is 9.21. The topological polar surface area (TPSA) is 115 Å². The average Bonchev–Trinajstić information content (AvgIpc) is 3.54. The Bertz CT molecular complexity index is 1080. The van der Waals surface area contributed by atoms with Crippen molar-refractivity contribution in [3.05, 3.63) is 30.0 Å². The summed E-state index contributed by atoms with van der Waals surface area (Å²) in [5.74, 6) is -2.05. The molecule has 1 N–H and O–H groups in total. The Labute approximate surface area is 205 Å². The molecule has 2 aliphatic rings. The van der Waals surface area contributed by atoms with Gasteiger partial charge in [0.25, 0.3) is 0 Å². The van der Waals surface area contributed by atoms with Crippen LogP contribution in [0.3, 0.4) is 0 Å². The quantitative estimate of drug-likeness (QED) is 0.533. The van der Waals surface area contributed by atoms with E-state index in [-0.39, 0.29) is 36.2 Å². The van der Waals surface area contributed by atoms with Gasteiger partial charge in [-0.05, 0) is 50.7 Å². The molecule has 2 heterocycles. The van der Waals surface area contributed by atoms with Crippen LogP contribution in [0.4, 0.5) is 18.0 Å². The molecule has 0 radical (unpaired) electrons. The molecule has 12 heteroatoms. The van der Waals surface area contributed by atoms with E-state index in [0.29, 0.717) is 19.3 Å². The number of rotatable bonds is 7. The van der Waals surface area contributed by atoms with Gasteiger partial charge in [0, 0.05) is 13.1 Å². The maximum atomic E-state index is 13.9. The van der Waals surface area contributed by atoms with Gasteiger partial charge in [-0.2, -0.15) is 13.2 Å². The zero-order chi connectivity index (χ0) is 25.9. The summed E-state index contributed by atoms with van der Waals surface area (Å²) in [6, 6.07) is 2.56. The van der Waals surface area contributed by atoms with Crippen molar-refractivity contribution < 1.29 is 41.8 Å². The largest absolute Gasteiger partial charge is 0.488 e. The zero-order valence-electron chi connectivity index (χ0n) is 19.8. The molecule has 0 saturated heterocycles. The fourth-order valence-corrected chi connectivity index (χ4v) is 4.78. The summed E-state index contributed by atoms with van der Waals surface area (Å²) in [5.41, 5.74) is -1.35. The maximum absolute atomic E-state index is 13.9. The minimum absolute atomic E-state index is 0.0203. The van der Waals surface area contributed by atoms with E-state index in [2.05, 4.69) is 9.97 Å². The molecule has 36 heavy (non-hydrogen) atoms. The molecule has 4 rings (SSSR count). The van der Waals surface area contributed by atoms with Gasteiger partial charge in [-0.15, -0.1) is 0 Å².